The van der Waals surface area contributed by atoms with E-state index in [9.17, 15) is 18.0 Å². The maximum Gasteiger partial charge on any atom is 0.317 e. The Morgan fingerprint density at radius 2 is 1.79 bits per heavy atom. The number of amides is 3. The molecule has 0 bridgehead atoms. The van der Waals surface area contributed by atoms with Crippen LogP contribution in [0.5, 0.6) is 0 Å². The van der Waals surface area contributed by atoms with Gasteiger partial charge in [-0.15, -0.1) is 0 Å². The van der Waals surface area contributed by atoms with Crippen LogP contribution in [0.4, 0.5) is 4.79 Å². The molecule has 1 atom stereocenters. The van der Waals surface area contributed by atoms with Crippen molar-refractivity contribution in [1.29, 1.82) is 0 Å². The Labute approximate surface area is 176 Å². The molecule has 10 heteroatoms. The number of benzene rings is 1. The predicted molar refractivity (Wildman–Crippen MR) is 110 cm³/mol. The fourth-order valence-corrected chi connectivity index (χ4v) is 5.68. The molecule has 0 radical (unpaired) electrons. The number of carbonyl (C=O) groups excluding carboxylic acids is 2. The molecule has 0 unspecified atom stereocenters. The van der Waals surface area contributed by atoms with Crippen molar-refractivity contribution in [2.24, 2.45) is 5.41 Å². The van der Waals surface area contributed by atoms with Gasteiger partial charge >= 0.3 is 6.03 Å². The molecule has 3 rings (SSSR count). The van der Waals surface area contributed by atoms with Crippen molar-refractivity contribution in [3.63, 3.8) is 0 Å². The van der Waals surface area contributed by atoms with Crippen molar-refractivity contribution in [3.05, 3.63) is 29.3 Å². The summed E-state index contributed by atoms with van der Waals surface area (Å²) in [6.45, 7) is 5.07. The smallest absolute Gasteiger partial charge is 0.317 e. The van der Waals surface area contributed by atoms with Gasteiger partial charge in [0.05, 0.1) is 4.90 Å². The Morgan fingerprint density at radius 3 is 2.34 bits per heavy atom. The van der Waals surface area contributed by atoms with Gasteiger partial charge in [-0.05, 0) is 38.1 Å². The van der Waals surface area contributed by atoms with E-state index in [4.69, 9.17) is 11.6 Å². The third kappa shape index (κ3) is 4.67. The molecule has 1 spiro atoms. The Kier molecular flexibility index (Phi) is 6.12. The van der Waals surface area contributed by atoms with Gasteiger partial charge < -0.3 is 15.1 Å². The number of hydrogen-bond acceptors (Lipinski definition) is 4. The lowest BCUT2D eigenvalue weighted by Gasteiger charge is -2.33. The van der Waals surface area contributed by atoms with Gasteiger partial charge in [0.1, 0.15) is 0 Å². The van der Waals surface area contributed by atoms with Crippen LogP contribution >= 0.6 is 11.6 Å². The zero-order valence-electron chi connectivity index (χ0n) is 16.9. The summed E-state index contributed by atoms with van der Waals surface area (Å²) in [5.41, 5.74) is -0.643. The van der Waals surface area contributed by atoms with E-state index in [1.54, 1.807) is 16.8 Å². The lowest BCUT2D eigenvalue weighted by atomic mass is 9.86. The van der Waals surface area contributed by atoms with Crippen LogP contribution in [0.25, 0.3) is 0 Å². The van der Waals surface area contributed by atoms with Crippen LogP contribution in [-0.2, 0) is 14.8 Å². The number of urea groups is 1. The normalized spacial score (nSPS) is 23.7. The summed E-state index contributed by atoms with van der Waals surface area (Å²) in [6, 6.07) is 5.75. The topological polar surface area (TPSA) is 90.0 Å². The van der Waals surface area contributed by atoms with Crippen LogP contribution in [0, 0.1) is 5.41 Å². The van der Waals surface area contributed by atoms with Crippen molar-refractivity contribution in [2.75, 3.05) is 39.8 Å². The van der Waals surface area contributed by atoms with E-state index >= 15 is 0 Å². The summed E-state index contributed by atoms with van der Waals surface area (Å²) in [4.78, 5) is 28.3. The number of nitrogens with zero attached hydrogens (tertiary/aromatic N) is 3. The van der Waals surface area contributed by atoms with Gasteiger partial charge in [-0.1, -0.05) is 11.6 Å². The molecule has 1 aromatic carbocycles. The largest absolute Gasteiger partial charge is 0.345 e. The number of nitrogens with one attached hydrogen (secondary N) is 1. The first-order chi connectivity index (χ1) is 13.5. The van der Waals surface area contributed by atoms with E-state index in [0.29, 0.717) is 18.1 Å². The highest BCUT2D eigenvalue weighted by Gasteiger charge is 2.48. The van der Waals surface area contributed by atoms with Crippen molar-refractivity contribution in [3.8, 4) is 0 Å². The first-order valence-corrected chi connectivity index (χ1v) is 11.4. The molecule has 2 heterocycles. The minimum atomic E-state index is -3.79. The van der Waals surface area contributed by atoms with Gasteiger partial charge in [-0.3, -0.25) is 4.79 Å². The molecule has 0 aliphatic carbocycles. The SMILES string of the molecule is CC(C)NC(=O)N1CCN(S(=O)(=O)c2ccc(Cl)cc2)C[C@@]2(CC(=O)N(C)C2)C1. The lowest BCUT2D eigenvalue weighted by molar-refractivity contribution is -0.126. The molecule has 8 nitrogen and oxygen atoms in total. The van der Waals surface area contributed by atoms with Crippen LogP contribution in [0.1, 0.15) is 20.3 Å². The molecule has 2 fully saturated rings. The number of likely N-dealkylation sites (tertiary alicyclic amines) is 1. The highest BCUT2D eigenvalue weighted by molar-refractivity contribution is 7.89. The third-order valence-electron chi connectivity index (χ3n) is 5.33. The fourth-order valence-electron chi connectivity index (χ4n) is 4.01. The van der Waals surface area contributed by atoms with Gasteiger partial charge in [-0.25, -0.2) is 13.2 Å². The van der Waals surface area contributed by atoms with Crippen LogP contribution in [0.3, 0.4) is 0 Å². The van der Waals surface area contributed by atoms with E-state index in [-0.39, 0.29) is 48.9 Å². The van der Waals surface area contributed by atoms with Gasteiger partial charge in [0.2, 0.25) is 15.9 Å². The van der Waals surface area contributed by atoms with E-state index in [0.717, 1.165) is 0 Å². The molecular weight excluding hydrogens is 416 g/mol. The summed E-state index contributed by atoms with van der Waals surface area (Å²) in [6.07, 6.45) is 0.210. The Balaban J connectivity index is 1.93. The Bertz CT molecular complexity index is 890. The lowest BCUT2D eigenvalue weighted by Crippen LogP contribution is -2.49. The Hall–Kier alpha value is -1.84. The first-order valence-electron chi connectivity index (χ1n) is 9.58. The summed E-state index contributed by atoms with van der Waals surface area (Å²) in [5.74, 6) is -0.0417. The fraction of sp³-hybridized carbons (Fsp3) is 0.579. The van der Waals surface area contributed by atoms with Crippen LogP contribution in [0.2, 0.25) is 5.02 Å². The maximum absolute atomic E-state index is 13.3. The zero-order valence-corrected chi connectivity index (χ0v) is 18.5. The number of hydrogen-bond donors (Lipinski definition) is 1. The van der Waals surface area contributed by atoms with E-state index in [1.807, 2.05) is 13.8 Å². The standard InChI is InChI=1S/C19H27ClN4O4S/c1-14(2)21-18(26)23-8-9-24(13-19(12-23)10-17(25)22(3)11-19)29(27,28)16-6-4-15(20)5-7-16/h4-7,14H,8-13H2,1-3H3,(H,21,26)/t19-/m1/s1. The van der Waals surface area contributed by atoms with Crippen LogP contribution < -0.4 is 5.32 Å². The van der Waals surface area contributed by atoms with Gasteiger partial charge in [-0.2, -0.15) is 4.31 Å². The maximum atomic E-state index is 13.3. The van der Waals surface area contributed by atoms with Gasteiger partial charge in [0.15, 0.2) is 0 Å². The zero-order chi connectivity index (χ0) is 21.4. The molecule has 2 aliphatic heterocycles. The third-order valence-corrected chi connectivity index (χ3v) is 7.44. The van der Waals surface area contributed by atoms with Crippen LogP contribution in [0.15, 0.2) is 29.2 Å². The predicted octanol–water partition coefficient (Wildman–Crippen LogP) is 1.61. The van der Waals surface area contributed by atoms with Crippen LogP contribution in [-0.4, -0.2) is 80.3 Å². The first kappa shape index (κ1) is 21.9. The minimum absolute atomic E-state index is 0.0384. The summed E-state index contributed by atoms with van der Waals surface area (Å²) >= 11 is 5.90. The van der Waals surface area contributed by atoms with Crippen molar-refractivity contribution < 1.29 is 18.0 Å². The monoisotopic (exact) mass is 442 g/mol. The van der Waals surface area contributed by atoms with Crippen molar-refractivity contribution in [1.82, 2.24) is 19.4 Å². The van der Waals surface area contributed by atoms with E-state index < -0.39 is 15.4 Å². The number of carbonyl (C=O) groups is 2. The summed E-state index contributed by atoms with van der Waals surface area (Å²) in [7, 11) is -2.08. The van der Waals surface area contributed by atoms with Crippen molar-refractivity contribution >= 4 is 33.6 Å². The summed E-state index contributed by atoms with van der Waals surface area (Å²) in [5, 5.41) is 3.32. The second-order valence-corrected chi connectivity index (χ2v) is 10.6. The van der Waals surface area contributed by atoms with Crippen molar-refractivity contribution in [2.45, 2.75) is 31.2 Å². The molecule has 0 saturated carbocycles. The average Bonchev–Trinajstić information content (AvgIpc) is 2.79. The molecule has 3 amide bonds. The highest BCUT2D eigenvalue weighted by Crippen LogP contribution is 2.36. The molecule has 29 heavy (non-hydrogen) atoms. The number of rotatable bonds is 3. The van der Waals surface area contributed by atoms with E-state index in [2.05, 4.69) is 5.32 Å². The van der Waals surface area contributed by atoms with Gasteiger partial charge in [0, 0.05) is 62.7 Å². The molecule has 160 valence electrons. The molecule has 1 N–H and O–H groups in total. The number of halogens is 1. The molecule has 2 saturated heterocycles. The highest BCUT2D eigenvalue weighted by atomic mass is 35.5. The molecule has 0 aromatic heterocycles. The average molecular weight is 443 g/mol. The molecular formula is C19H27ClN4O4S. The second kappa shape index (κ2) is 8.12. The summed E-state index contributed by atoms with van der Waals surface area (Å²) < 4.78 is 27.9. The van der Waals surface area contributed by atoms with Gasteiger partial charge in [0.25, 0.3) is 0 Å². The molecule has 2 aliphatic rings. The quantitative estimate of drug-likeness (QED) is 0.770. The Morgan fingerprint density at radius 1 is 1.14 bits per heavy atom. The minimum Gasteiger partial charge on any atom is -0.345 e. The van der Waals surface area contributed by atoms with E-state index in [1.165, 1.54) is 28.6 Å². The second-order valence-electron chi connectivity index (χ2n) is 8.24. The molecule has 1 aromatic rings. The number of sulfonamides is 1.